The second-order valence-corrected chi connectivity index (χ2v) is 20.2. The molecule has 0 aliphatic rings. The summed E-state index contributed by atoms with van der Waals surface area (Å²) in [6.07, 6.45) is 1.87. The average molecular weight is 373 g/mol. The molecule has 2 aromatic rings. The van der Waals surface area contributed by atoms with Gasteiger partial charge in [-0.1, -0.05) is 0 Å². The second-order valence-electron chi connectivity index (χ2n) is 5.71. The molecule has 1 aromatic carbocycles. The molecule has 0 aliphatic carbocycles. The average Bonchev–Trinajstić information content (AvgIpc) is 2.45. The molecule has 0 spiro atoms. The van der Waals surface area contributed by atoms with Crippen molar-refractivity contribution in [3.63, 3.8) is 0 Å². The van der Waals surface area contributed by atoms with Gasteiger partial charge in [-0.15, -0.1) is 0 Å². The summed E-state index contributed by atoms with van der Waals surface area (Å²) in [5, 5.41) is 9.26. The van der Waals surface area contributed by atoms with Crippen molar-refractivity contribution in [1.29, 1.82) is 5.26 Å². The standard InChI is InChI=1S/C13H9N2O.3CH3.Sn/c14-9-12-7-4-8-15-13(12)16-10-11-5-2-1-3-6-11;;;;/h1-3,5-8H,10H2;3*1H3;. The molecule has 0 amide bonds. The summed E-state index contributed by atoms with van der Waals surface area (Å²) in [4.78, 5) is 11.2. The first-order chi connectivity index (χ1) is 9.50. The minimum absolute atomic E-state index is 0.427. The maximum atomic E-state index is 9.26. The number of ether oxygens (including phenoxy) is 1. The van der Waals surface area contributed by atoms with Crippen molar-refractivity contribution in [2.24, 2.45) is 0 Å². The number of pyridine rings is 1. The van der Waals surface area contributed by atoms with E-state index in [1.54, 1.807) is 0 Å². The molecule has 0 saturated heterocycles. The fraction of sp³-hybridized carbons (Fsp3) is 0.250. The SMILES string of the molecule is [CH3][Sn]([CH3])([CH3])[c]1cnc(OCc2ccccc2)c(C#N)c1. The summed E-state index contributed by atoms with van der Waals surface area (Å²) in [6.45, 7) is 0.431. The van der Waals surface area contributed by atoms with Gasteiger partial charge in [-0.05, 0) is 0 Å². The molecule has 1 aromatic heterocycles. The van der Waals surface area contributed by atoms with E-state index in [9.17, 15) is 5.26 Å². The molecule has 0 unspecified atom stereocenters. The van der Waals surface area contributed by atoms with Gasteiger partial charge < -0.3 is 0 Å². The predicted octanol–water partition coefficient (Wildman–Crippen LogP) is 3.08. The summed E-state index contributed by atoms with van der Waals surface area (Å²) in [7, 11) is 0. The molecule has 20 heavy (non-hydrogen) atoms. The van der Waals surface area contributed by atoms with Crippen molar-refractivity contribution in [2.75, 3.05) is 0 Å². The van der Waals surface area contributed by atoms with E-state index in [0.717, 1.165) is 5.56 Å². The van der Waals surface area contributed by atoms with Gasteiger partial charge in [0.05, 0.1) is 0 Å². The van der Waals surface area contributed by atoms with Crippen molar-refractivity contribution >= 4 is 22.0 Å². The Morgan fingerprint density at radius 3 is 2.50 bits per heavy atom. The Labute approximate surface area is 124 Å². The van der Waals surface area contributed by atoms with Crippen LogP contribution in [0.5, 0.6) is 5.88 Å². The molecule has 0 radical (unpaired) electrons. The van der Waals surface area contributed by atoms with Crippen LogP contribution in [0.4, 0.5) is 0 Å². The van der Waals surface area contributed by atoms with Crippen LogP contribution >= 0.6 is 0 Å². The van der Waals surface area contributed by atoms with Gasteiger partial charge in [-0.25, -0.2) is 0 Å². The number of benzene rings is 1. The van der Waals surface area contributed by atoms with Gasteiger partial charge in [-0.2, -0.15) is 0 Å². The second kappa shape index (κ2) is 6.27. The zero-order valence-corrected chi connectivity index (χ0v) is 14.9. The van der Waals surface area contributed by atoms with Crippen LogP contribution in [-0.4, -0.2) is 23.4 Å². The van der Waals surface area contributed by atoms with E-state index < -0.39 is 18.4 Å². The van der Waals surface area contributed by atoms with E-state index in [1.165, 1.54) is 3.58 Å². The van der Waals surface area contributed by atoms with Crippen molar-refractivity contribution in [3.8, 4) is 11.9 Å². The number of rotatable bonds is 4. The predicted molar refractivity (Wildman–Crippen MR) is 82.7 cm³/mol. The first kappa shape index (κ1) is 14.9. The van der Waals surface area contributed by atoms with Crippen LogP contribution in [0.25, 0.3) is 0 Å². The van der Waals surface area contributed by atoms with Gasteiger partial charge in [0.15, 0.2) is 0 Å². The molecule has 0 bridgehead atoms. The van der Waals surface area contributed by atoms with E-state index in [4.69, 9.17) is 4.74 Å². The van der Waals surface area contributed by atoms with Crippen LogP contribution in [0.1, 0.15) is 11.1 Å². The van der Waals surface area contributed by atoms with E-state index in [-0.39, 0.29) is 0 Å². The summed E-state index contributed by atoms with van der Waals surface area (Å²) in [5.41, 5.74) is 1.60. The summed E-state index contributed by atoms with van der Waals surface area (Å²) >= 11 is -2.19. The maximum absolute atomic E-state index is 9.26. The Morgan fingerprint density at radius 2 is 1.90 bits per heavy atom. The number of nitrogens with zero attached hydrogens (tertiary/aromatic N) is 2. The quantitative estimate of drug-likeness (QED) is 0.774. The molecular weight excluding hydrogens is 355 g/mol. The van der Waals surface area contributed by atoms with Crippen LogP contribution < -0.4 is 8.32 Å². The molecule has 0 aliphatic heterocycles. The molecule has 3 nitrogen and oxygen atoms in total. The van der Waals surface area contributed by atoms with Gasteiger partial charge in [0, 0.05) is 0 Å². The van der Waals surface area contributed by atoms with Gasteiger partial charge in [0.2, 0.25) is 0 Å². The topological polar surface area (TPSA) is 45.9 Å². The Kier molecular flexibility index (Phi) is 4.66. The third-order valence-corrected chi connectivity index (χ3v) is 8.78. The first-order valence-corrected chi connectivity index (χ1v) is 16.6. The Bertz CT molecular complexity index is 627. The van der Waals surface area contributed by atoms with E-state index in [0.29, 0.717) is 18.1 Å². The Hall–Kier alpha value is -1.54. The normalized spacial score (nSPS) is 10.9. The number of nitriles is 1. The summed E-state index contributed by atoms with van der Waals surface area (Å²) in [6, 6.07) is 14.0. The van der Waals surface area contributed by atoms with Gasteiger partial charge >= 0.3 is 124 Å². The van der Waals surface area contributed by atoms with E-state index in [2.05, 4.69) is 25.9 Å². The van der Waals surface area contributed by atoms with E-state index in [1.807, 2.05) is 42.6 Å². The third kappa shape index (κ3) is 3.73. The number of aromatic nitrogens is 1. The zero-order valence-electron chi connectivity index (χ0n) is 12.1. The minimum atomic E-state index is -2.19. The van der Waals surface area contributed by atoms with Crippen LogP contribution in [0.15, 0.2) is 42.6 Å². The summed E-state index contributed by atoms with van der Waals surface area (Å²) in [5.74, 6) is 0.427. The van der Waals surface area contributed by atoms with Gasteiger partial charge in [0.25, 0.3) is 0 Å². The van der Waals surface area contributed by atoms with Crippen molar-refractivity contribution in [2.45, 2.75) is 21.4 Å². The van der Waals surface area contributed by atoms with Crippen molar-refractivity contribution < 1.29 is 4.74 Å². The molecule has 1 heterocycles. The third-order valence-electron chi connectivity index (χ3n) is 3.06. The van der Waals surface area contributed by atoms with Crippen molar-refractivity contribution in [1.82, 2.24) is 4.98 Å². The molecular formula is C16H18N2OSn. The Morgan fingerprint density at radius 1 is 1.20 bits per heavy atom. The molecule has 4 heteroatoms. The number of hydrogen-bond acceptors (Lipinski definition) is 3. The molecule has 0 saturated carbocycles. The van der Waals surface area contributed by atoms with E-state index >= 15 is 0 Å². The zero-order chi connectivity index (χ0) is 14.6. The Balaban J connectivity index is 2.19. The molecule has 0 atom stereocenters. The molecule has 0 fully saturated rings. The first-order valence-electron chi connectivity index (χ1n) is 6.58. The fourth-order valence-electron chi connectivity index (χ4n) is 1.78. The van der Waals surface area contributed by atoms with Gasteiger partial charge in [-0.3, -0.25) is 0 Å². The number of hydrogen-bond donors (Lipinski definition) is 0. The molecule has 0 N–H and O–H groups in total. The van der Waals surface area contributed by atoms with Crippen molar-refractivity contribution in [3.05, 3.63) is 53.7 Å². The molecule has 102 valence electrons. The van der Waals surface area contributed by atoms with Gasteiger partial charge in [0.1, 0.15) is 0 Å². The fourth-order valence-corrected chi connectivity index (χ4v) is 4.72. The van der Waals surface area contributed by atoms with Crippen LogP contribution in [0.3, 0.4) is 0 Å². The molecule has 2 rings (SSSR count). The van der Waals surface area contributed by atoms with Crippen LogP contribution in [0.2, 0.25) is 14.8 Å². The van der Waals surface area contributed by atoms with Crippen LogP contribution in [-0.2, 0) is 6.61 Å². The van der Waals surface area contributed by atoms with Crippen LogP contribution in [0, 0.1) is 11.3 Å². The monoisotopic (exact) mass is 374 g/mol. The summed E-state index contributed by atoms with van der Waals surface area (Å²) < 4.78 is 6.91.